The fourth-order valence-corrected chi connectivity index (χ4v) is 2.91. The van der Waals surface area contributed by atoms with E-state index in [0.717, 1.165) is 12.0 Å². The number of hydrogen-bond acceptors (Lipinski definition) is 2. The van der Waals surface area contributed by atoms with Gasteiger partial charge in [0.2, 0.25) is 0 Å². The number of carbonyl (C=O) groups is 1. The third-order valence-electron chi connectivity index (χ3n) is 4.27. The van der Waals surface area contributed by atoms with Gasteiger partial charge in [0.15, 0.2) is 14.1 Å². The van der Waals surface area contributed by atoms with Crippen LogP contribution in [0.25, 0.3) is 6.08 Å². The van der Waals surface area contributed by atoms with Gasteiger partial charge in [-0.05, 0) is 36.7 Å². The maximum Gasteiger partial charge on any atom is 1.00 e. The maximum atomic E-state index is 12.1. The minimum atomic E-state index is -1.89. The van der Waals surface area contributed by atoms with Crippen LogP contribution in [0.2, 0.25) is 18.1 Å². The van der Waals surface area contributed by atoms with Gasteiger partial charge < -0.3 is 11.3 Å². The Labute approximate surface area is 168 Å². The zero-order valence-corrected chi connectivity index (χ0v) is 18.6. The maximum absolute atomic E-state index is 12.1. The van der Waals surface area contributed by atoms with Crippen LogP contribution in [-0.2, 0) is 9.22 Å². The molecule has 25 heavy (non-hydrogen) atoms. The Morgan fingerprint density at radius 2 is 1.72 bits per heavy atom. The van der Waals surface area contributed by atoms with Gasteiger partial charge in [0.25, 0.3) is 0 Å². The molecule has 2 nitrogen and oxygen atoms in total. The second-order valence-electron chi connectivity index (χ2n) is 7.52. The zero-order valence-electron chi connectivity index (χ0n) is 17.6. The molecule has 0 aliphatic carbocycles. The zero-order chi connectivity index (χ0) is 18.8. The van der Waals surface area contributed by atoms with Crippen LogP contribution in [0, 0.1) is 6.92 Å². The van der Waals surface area contributed by atoms with Crippen molar-refractivity contribution < 1.29 is 28.1 Å². The van der Waals surface area contributed by atoms with Crippen LogP contribution >= 0.6 is 0 Å². The number of ketones is 1. The van der Waals surface area contributed by atoms with Gasteiger partial charge >= 0.3 is 18.9 Å². The van der Waals surface area contributed by atoms with Gasteiger partial charge in [-0.1, -0.05) is 70.5 Å². The molecule has 0 aliphatic rings. The summed E-state index contributed by atoms with van der Waals surface area (Å²) in [6.45, 7) is 18.4. The quantitative estimate of drug-likeness (QED) is 0.445. The van der Waals surface area contributed by atoms with Crippen LogP contribution in [0.15, 0.2) is 36.4 Å². The molecule has 1 aromatic rings. The summed E-state index contributed by atoms with van der Waals surface area (Å²) in [7, 11) is -1.89. The number of benzene rings is 1. The third-order valence-corrected chi connectivity index (χ3v) is 8.83. The Morgan fingerprint density at radius 1 is 1.24 bits per heavy atom. The van der Waals surface area contributed by atoms with Crippen LogP contribution in [0.4, 0.5) is 0 Å². The molecule has 1 atom stereocenters. The van der Waals surface area contributed by atoms with Crippen molar-refractivity contribution in [3.8, 4) is 0 Å². The van der Waals surface area contributed by atoms with Crippen molar-refractivity contribution >= 4 is 20.2 Å². The van der Waals surface area contributed by atoms with Crippen LogP contribution in [0.3, 0.4) is 0 Å². The molecule has 0 saturated carbocycles. The molecule has 1 rings (SSSR count). The Hall–Kier alpha value is -0.596. The van der Waals surface area contributed by atoms with Gasteiger partial charge in [-0.25, -0.2) is 0 Å². The summed E-state index contributed by atoms with van der Waals surface area (Å²) in [5.41, 5.74) is 1.03. The second-order valence-corrected chi connectivity index (χ2v) is 12.3. The molecule has 1 aromatic carbocycles. The molecule has 0 amide bonds. The molecule has 0 N–H and O–H groups in total. The van der Waals surface area contributed by atoms with Crippen molar-refractivity contribution in [2.75, 3.05) is 0 Å². The average Bonchev–Trinajstić information content (AvgIpc) is 2.52. The van der Waals surface area contributed by atoms with Crippen molar-refractivity contribution in [3.05, 3.63) is 48.9 Å². The van der Waals surface area contributed by atoms with Crippen molar-refractivity contribution in [1.29, 1.82) is 0 Å². The molecule has 136 valence electrons. The summed E-state index contributed by atoms with van der Waals surface area (Å²) in [6.07, 6.45) is 5.36. The van der Waals surface area contributed by atoms with E-state index in [2.05, 4.69) is 47.7 Å². The number of rotatable bonds is 6. The van der Waals surface area contributed by atoms with Gasteiger partial charge in [-0.15, -0.1) is 0 Å². The standard InChI is InChI=1S/C17H26O2Si.C4H9.Li/c1-14(19-20(5,6)17(2,3)4)16(18)13-12-15-10-8-7-9-11-15;1-3-4-2;/h7-14H,1-6H3;1,3-4H2,2H3;/q;-1;+1. The molecule has 0 aliphatic heterocycles. The van der Waals surface area contributed by atoms with Gasteiger partial charge in [0.05, 0.1) is 0 Å². The van der Waals surface area contributed by atoms with E-state index >= 15 is 0 Å². The molecule has 0 spiro atoms. The first kappa shape index (κ1) is 26.6. The summed E-state index contributed by atoms with van der Waals surface area (Å²) in [5.74, 6) is 0.0266. The number of carbonyl (C=O) groups excluding carboxylic acids is 1. The molecule has 0 aromatic heterocycles. The predicted molar refractivity (Wildman–Crippen MR) is 108 cm³/mol. The number of hydrogen-bond donors (Lipinski definition) is 0. The Kier molecular flexibility index (Phi) is 13.5. The minimum Gasteiger partial charge on any atom is -0.407 e. The van der Waals surface area contributed by atoms with Gasteiger partial charge in [-0.2, -0.15) is 6.42 Å². The van der Waals surface area contributed by atoms with E-state index < -0.39 is 8.32 Å². The summed E-state index contributed by atoms with van der Waals surface area (Å²) in [5, 5.41) is 0.116. The van der Waals surface area contributed by atoms with Crippen molar-refractivity contribution in [1.82, 2.24) is 0 Å². The van der Waals surface area contributed by atoms with Crippen molar-refractivity contribution in [2.24, 2.45) is 0 Å². The van der Waals surface area contributed by atoms with Gasteiger partial charge in [0, 0.05) is 0 Å². The van der Waals surface area contributed by atoms with Crippen LogP contribution in [-0.4, -0.2) is 20.2 Å². The van der Waals surface area contributed by atoms with Gasteiger partial charge in [-0.3, -0.25) is 4.79 Å². The first-order chi connectivity index (χ1) is 11.0. The number of unbranched alkanes of at least 4 members (excludes halogenated alkanes) is 1. The van der Waals surface area contributed by atoms with E-state index in [4.69, 9.17) is 4.43 Å². The molecule has 0 fully saturated rings. The molecular formula is C21H35LiO2Si. The minimum absolute atomic E-state index is 0. The SMILES string of the molecule is CC(O[Si](C)(C)C(C)(C)C)C(=O)C=Cc1ccccc1.[CH2-]CCC.[Li+]. The van der Waals surface area contributed by atoms with E-state index in [0.29, 0.717) is 0 Å². The van der Waals surface area contributed by atoms with E-state index in [1.165, 1.54) is 6.42 Å². The Morgan fingerprint density at radius 3 is 2.12 bits per heavy atom. The van der Waals surface area contributed by atoms with Crippen LogP contribution in [0.1, 0.15) is 53.0 Å². The summed E-state index contributed by atoms with van der Waals surface area (Å²) in [6, 6.07) is 9.83. The largest absolute Gasteiger partial charge is 1.00 e. The topological polar surface area (TPSA) is 26.3 Å². The van der Waals surface area contributed by atoms with Crippen LogP contribution < -0.4 is 18.9 Å². The first-order valence-corrected chi connectivity index (χ1v) is 11.7. The molecule has 0 bridgehead atoms. The fraction of sp³-hybridized carbons (Fsp3) is 0.524. The van der Waals surface area contributed by atoms with E-state index in [9.17, 15) is 4.79 Å². The molecule has 0 radical (unpaired) electrons. The Bertz CT molecular complexity index is 502. The molecule has 0 heterocycles. The summed E-state index contributed by atoms with van der Waals surface area (Å²) < 4.78 is 6.09. The van der Waals surface area contributed by atoms with Gasteiger partial charge in [0.1, 0.15) is 6.10 Å². The molecule has 0 saturated heterocycles. The third kappa shape index (κ3) is 10.9. The normalized spacial score (nSPS) is 12.8. The fourth-order valence-electron chi connectivity index (χ4n) is 1.55. The molecule has 4 heteroatoms. The average molecular weight is 355 g/mol. The van der Waals surface area contributed by atoms with Crippen molar-refractivity contribution in [2.45, 2.75) is 71.7 Å². The predicted octanol–water partition coefficient (Wildman–Crippen LogP) is 3.30. The van der Waals surface area contributed by atoms with Crippen molar-refractivity contribution in [3.63, 3.8) is 0 Å². The van der Waals surface area contributed by atoms with E-state index in [1.54, 1.807) is 6.08 Å². The first-order valence-electron chi connectivity index (χ1n) is 8.79. The second kappa shape index (κ2) is 12.7. The molecule has 1 unspecified atom stereocenters. The summed E-state index contributed by atoms with van der Waals surface area (Å²) >= 11 is 0. The summed E-state index contributed by atoms with van der Waals surface area (Å²) in [4.78, 5) is 12.1. The monoisotopic (exact) mass is 354 g/mol. The Balaban J connectivity index is 0. The van der Waals surface area contributed by atoms with E-state index in [-0.39, 0.29) is 35.8 Å². The molecular weight excluding hydrogens is 319 g/mol. The smallest absolute Gasteiger partial charge is 0.407 e. The van der Waals surface area contributed by atoms with Crippen LogP contribution in [0.5, 0.6) is 0 Å². The van der Waals surface area contributed by atoms with E-state index in [1.807, 2.05) is 43.3 Å².